The number of carbonyl (C=O) groups is 1. The molecule has 4 heterocycles. The molecule has 0 spiro atoms. The topological polar surface area (TPSA) is 37.7 Å². The molecule has 182 valence electrons. The summed E-state index contributed by atoms with van der Waals surface area (Å²) in [6.07, 6.45) is 14.0. The van der Waals surface area contributed by atoms with Crippen molar-refractivity contribution in [1.82, 2.24) is 14.4 Å². The highest BCUT2D eigenvalue weighted by Crippen LogP contribution is 2.45. The number of benzene rings is 1. The van der Waals surface area contributed by atoms with Gasteiger partial charge in [-0.15, -0.1) is 0 Å². The summed E-state index contributed by atoms with van der Waals surface area (Å²) in [4.78, 5) is 18.7. The lowest BCUT2D eigenvalue weighted by Crippen LogP contribution is -2.60. The zero-order chi connectivity index (χ0) is 23.1. The summed E-state index contributed by atoms with van der Waals surface area (Å²) in [5, 5.41) is 1.27. The van der Waals surface area contributed by atoms with E-state index < -0.39 is 0 Å². The Morgan fingerprint density at radius 1 is 1.15 bits per heavy atom. The van der Waals surface area contributed by atoms with E-state index in [9.17, 15) is 4.79 Å². The van der Waals surface area contributed by atoms with Gasteiger partial charge >= 0.3 is 0 Å². The highest BCUT2D eigenvalue weighted by Gasteiger charge is 2.46. The van der Waals surface area contributed by atoms with Crippen molar-refractivity contribution in [3.63, 3.8) is 0 Å². The molecule has 4 aliphatic rings. The number of hydrogen-bond donors (Lipinski definition) is 0. The summed E-state index contributed by atoms with van der Waals surface area (Å²) < 4.78 is 7.58. The summed E-state index contributed by atoms with van der Waals surface area (Å²) in [6.45, 7) is 4.92. The van der Waals surface area contributed by atoms with Crippen LogP contribution in [0.5, 0.6) is 0 Å². The van der Waals surface area contributed by atoms with E-state index in [0.29, 0.717) is 30.9 Å². The summed E-state index contributed by atoms with van der Waals surface area (Å²) in [5.41, 5.74) is 4.11. The Bertz CT molecular complexity index is 1070. The Morgan fingerprint density at radius 2 is 2.06 bits per heavy atom. The van der Waals surface area contributed by atoms with Crippen molar-refractivity contribution in [2.45, 2.75) is 70.0 Å². The second kappa shape index (κ2) is 9.50. The van der Waals surface area contributed by atoms with Crippen molar-refractivity contribution in [1.29, 1.82) is 0 Å². The summed E-state index contributed by atoms with van der Waals surface area (Å²) >= 11 is 0. The highest BCUT2D eigenvalue weighted by molar-refractivity contribution is 5.85. The first-order chi connectivity index (χ1) is 16.7. The Morgan fingerprint density at radius 3 is 2.97 bits per heavy atom. The minimum absolute atomic E-state index is 0.350. The maximum absolute atomic E-state index is 13.6. The highest BCUT2D eigenvalue weighted by atomic mass is 16.5. The number of ether oxygens (including phenoxy) is 1. The largest absolute Gasteiger partial charge is 0.383 e. The fourth-order valence-electron chi connectivity index (χ4n) is 7.54. The molecule has 2 bridgehead atoms. The van der Waals surface area contributed by atoms with Crippen LogP contribution >= 0.6 is 0 Å². The molecule has 1 amide bonds. The van der Waals surface area contributed by atoms with E-state index in [0.717, 1.165) is 37.9 Å². The number of likely N-dealkylation sites (tertiary alicyclic amines) is 1. The maximum atomic E-state index is 13.6. The number of methoxy groups -OCH3 is 1. The number of para-hydroxylation sites is 1. The Hall–Kier alpha value is -2.11. The average Bonchev–Trinajstić information content (AvgIpc) is 3.23. The van der Waals surface area contributed by atoms with Crippen molar-refractivity contribution in [3.8, 4) is 0 Å². The summed E-state index contributed by atoms with van der Waals surface area (Å²) in [6, 6.07) is 9.68. The normalized spacial score (nSPS) is 29.0. The average molecular weight is 462 g/mol. The Balaban J connectivity index is 1.19. The summed E-state index contributed by atoms with van der Waals surface area (Å²) in [5.74, 6) is 1.70. The lowest BCUT2D eigenvalue weighted by molar-refractivity contribution is -0.136. The van der Waals surface area contributed by atoms with Crippen molar-refractivity contribution >= 4 is 16.8 Å². The van der Waals surface area contributed by atoms with E-state index in [1.54, 1.807) is 12.7 Å². The van der Waals surface area contributed by atoms with Crippen LogP contribution in [0.2, 0.25) is 0 Å². The molecule has 6 rings (SSSR count). The molecule has 3 fully saturated rings. The minimum atomic E-state index is 0.350. The number of aryl methyl sites for hydroxylation is 1. The van der Waals surface area contributed by atoms with Crippen LogP contribution in [0.25, 0.3) is 10.9 Å². The number of fused-ring (bicyclic) bond motifs is 7. The number of rotatable bonds is 6. The second-order valence-electron chi connectivity index (χ2n) is 11.0. The van der Waals surface area contributed by atoms with Crippen LogP contribution in [0.3, 0.4) is 0 Å². The molecule has 0 radical (unpaired) electrons. The molecule has 0 unspecified atom stereocenters. The van der Waals surface area contributed by atoms with Crippen LogP contribution in [-0.4, -0.2) is 65.7 Å². The molecule has 5 heteroatoms. The van der Waals surface area contributed by atoms with E-state index in [4.69, 9.17) is 4.74 Å². The number of hydrogen-bond acceptors (Lipinski definition) is 3. The molecule has 1 aromatic heterocycles. The molecule has 3 aliphatic heterocycles. The maximum Gasteiger partial charge on any atom is 0.223 e. The van der Waals surface area contributed by atoms with Crippen LogP contribution in [0, 0.1) is 11.8 Å². The smallest absolute Gasteiger partial charge is 0.223 e. The SMILES string of the molecule is COCCn1cc(CCC(=O)N2CCCC3=C[C@H]4C[C@@H](CN5CCCC[C@@H]45)[C@H]32)c2ccccc21. The molecule has 5 nitrogen and oxygen atoms in total. The minimum Gasteiger partial charge on any atom is -0.383 e. The quantitative estimate of drug-likeness (QED) is 0.588. The number of piperidine rings is 3. The van der Waals surface area contributed by atoms with E-state index in [1.807, 2.05) is 0 Å². The molecule has 4 atom stereocenters. The van der Waals surface area contributed by atoms with E-state index in [2.05, 4.69) is 50.9 Å². The van der Waals surface area contributed by atoms with Crippen LogP contribution in [0.4, 0.5) is 0 Å². The number of carbonyl (C=O) groups excluding carboxylic acids is 1. The zero-order valence-electron chi connectivity index (χ0n) is 20.6. The van der Waals surface area contributed by atoms with Gasteiger partial charge in [0.15, 0.2) is 0 Å². The van der Waals surface area contributed by atoms with Gasteiger partial charge in [-0.3, -0.25) is 9.69 Å². The van der Waals surface area contributed by atoms with Gasteiger partial charge in [-0.2, -0.15) is 0 Å². The monoisotopic (exact) mass is 461 g/mol. The van der Waals surface area contributed by atoms with Crippen LogP contribution in [0.15, 0.2) is 42.1 Å². The van der Waals surface area contributed by atoms with Gasteiger partial charge in [0, 0.05) is 56.3 Å². The first kappa shape index (κ1) is 22.4. The van der Waals surface area contributed by atoms with Gasteiger partial charge < -0.3 is 14.2 Å². The predicted molar refractivity (Wildman–Crippen MR) is 136 cm³/mol. The van der Waals surface area contributed by atoms with Gasteiger partial charge in [-0.25, -0.2) is 0 Å². The van der Waals surface area contributed by atoms with Crippen molar-refractivity contribution < 1.29 is 9.53 Å². The number of aromatic nitrogens is 1. The molecule has 2 aromatic rings. The van der Waals surface area contributed by atoms with Gasteiger partial charge in [0.25, 0.3) is 0 Å². The van der Waals surface area contributed by atoms with Crippen LogP contribution in [0.1, 0.15) is 50.5 Å². The standard InChI is InChI=1S/C29H39N3O2/c1-34-16-15-31-19-22(25-8-2-3-10-27(25)31)11-12-28(33)32-14-6-7-21-17-23-18-24(29(21)32)20-30-13-5-4-9-26(23)30/h2-3,8,10,17,19,23-24,26,29H,4-7,9,11-16,18,20H2,1H3/t23-,24-,26-,29-/m0/s1. The van der Waals surface area contributed by atoms with Crippen LogP contribution in [-0.2, 0) is 22.5 Å². The first-order valence-corrected chi connectivity index (χ1v) is 13.5. The fourth-order valence-corrected chi connectivity index (χ4v) is 7.54. The van der Waals surface area contributed by atoms with E-state index in [1.165, 1.54) is 61.7 Å². The molecular formula is C29H39N3O2. The third-order valence-corrected chi connectivity index (χ3v) is 8.99. The van der Waals surface area contributed by atoms with Gasteiger partial charge in [-0.05, 0) is 68.5 Å². The van der Waals surface area contributed by atoms with Gasteiger partial charge in [0.2, 0.25) is 5.91 Å². The summed E-state index contributed by atoms with van der Waals surface area (Å²) in [7, 11) is 1.75. The molecule has 0 N–H and O–H groups in total. The lowest BCUT2D eigenvalue weighted by Gasteiger charge is -2.54. The number of amides is 1. The predicted octanol–water partition coefficient (Wildman–Crippen LogP) is 4.64. The van der Waals surface area contributed by atoms with E-state index in [-0.39, 0.29) is 0 Å². The Labute approximate surface area is 203 Å². The molecule has 3 saturated heterocycles. The van der Waals surface area contributed by atoms with Gasteiger partial charge in [-0.1, -0.05) is 36.3 Å². The zero-order valence-corrected chi connectivity index (χ0v) is 20.6. The lowest BCUT2D eigenvalue weighted by atomic mass is 9.68. The molecule has 1 aromatic carbocycles. The molecule has 34 heavy (non-hydrogen) atoms. The molecular weight excluding hydrogens is 422 g/mol. The van der Waals surface area contributed by atoms with Crippen molar-refractivity contribution in [2.75, 3.05) is 33.4 Å². The van der Waals surface area contributed by atoms with Crippen molar-refractivity contribution in [3.05, 3.63) is 47.7 Å². The molecule has 1 aliphatic carbocycles. The van der Waals surface area contributed by atoms with Gasteiger partial charge in [0.1, 0.15) is 0 Å². The van der Waals surface area contributed by atoms with E-state index >= 15 is 0 Å². The fraction of sp³-hybridized carbons (Fsp3) is 0.621. The van der Waals surface area contributed by atoms with Gasteiger partial charge in [0.05, 0.1) is 12.6 Å². The third kappa shape index (κ3) is 4.01. The second-order valence-corrected chi connectivity index (χ2v) is 11.0. The first-order valence-electron chi connectivity index (χ1n) is 13.5. The van der Waals surface area contributed by atoms with Crippen LogP contribution < -0.4 is 0 Å². The Kier molecular flexibility index (Phi) is 6.25. The molecule has 0 saturated carbocycles. The van der Waals surface area contributed by atoms with Crippen molar-refractivity contribution in [2.24, 2.45) is 11.8 Å². The number of nitrogens with zero attached hydrogens (tertiary/aromatic N) is 3. The third-order valence-electron chi connectivity index (χ3n) is 8.99.